The lowest BCUT2D eigenvalue weighted by Gasteiger charge is -2.40. The number of halogens is 1. The molecule has 1 aromatic rings. The Morgan fingerprint density at radius 3 is 2.59 bits per heavy atom. The zero-order valence-electron chi connectivity index (χ0n) is 13.0. The summed E-state index contributed by atoms with van der Waals surface area (Å²) in [4.78, 5) is 24.2. The lowest BCUT2D eigenvalue weighted by atomic mass is 10.2. The number of ether oxygens (including phenoxy) is 1. The summed E-state index contributed by atoms with van der Waals surface area (Å²) in [7, 11) is 0. The van der Waals surface area contributed by atoms with Crippen molar-refractivity contribution in [2.24, 2.45) is 0 Å². The quantitative estimate of drug-likeness (QED) is 0.850. The minimum Gasteiger partial charge on any atom is -0.444 e. The van der Waals surface area contributed by atoms with Crippen LogP contribution in [0.25, 0.3) is 0 Å². The van der Waals surface area contributed by atoms with Crippen molar-refractivity contribution in [3.8, 4) is 0 Å². The summed E-state index contributed by atoms with van der Waals surface area (Å²) in [6, 6.07) is -0.248. The molecular formula is C14H21BrN4O3. The van der Waals surface area contributed by atoms with Crippen molar-refractivity contribution in [2.45, 2.75) is 32.4 Å². The predicted molar refractivity (Wildman–Crippen MR) is 85.8 cm³/mol. The zero-order chi connectivity index (χ0) is 16.3. The highest BCUT2D eigenvalue weighted by atomic mass is 79.9. The standard InChI is InChI=1S/C14H21BrN4O3/c1-14(2,3)22-13(21)18-4-5-19(11(8-18)9-20)12-16-6-10(15)7-17-12/h6-7,11,20H,4-5,8-9H2,1-3H3/t11-/m1/s1. The van der Waals surface area contributed by atoms with Gasteiger partial charge in [-0.1, -0.05) is 0 Å². The summed E-state index contributed by atoms with van der Waals surface area (Å²) in [6.07, 6.45) is 2.97. The second kappa shape index (κ2) is 6.78. The summed E-state index contributed by atoms with van der Waals surface area (Å²) >= 11 is 3.30. The van der Waals surface area contributed by atoms with Crippen LogP contribution in [0.4, 0.5) is 10.7 Å². The molecule has 1 fully saturated rings. The Hall–Kier alpha value is -1.41. The number of aliphatic hydroxyl groups excluding tert-OH is 1. The Labute approximate surface area is 138 Å². The fourth-order valence-electron chi connectivity index (χ4n) is 2.22. The maximum absolute atomic E-state index is 12.1. The van der Waals surface area contributed by atoms with Crippen molar-refractivity contribution < 1.29 is 14.6 Å². The molecule has 0 saturated carbocycles. The third kappa shape index (κ3) is 4.30. The predicted octanol–water partition coefficient (Wildman–Crippen LogP) is 1.66. The van der Waals surface area contributed by atoms with Crippen molar-refractivity contribution in [1.82, 2.24) is 14.9 Å². The number of piperazine rings is 1. The van der Waals surface area contributed by atoms with E-state index >= 15 is 0 Å². The van der Waals surface area contributed by atoms with Gasteiger partial charge >= 0.3 is 6.09 Å². The molecular weight excluding hydrogens is 352 g/mol. The number of amides is 1. The Morgan fingerprint density at radius 2 is 2.05 bits per heavy atom. The average molecular weight is 373 g/mol. The molecule has 2 heterocycles. The van der Waals surface area contributed by atoms with Gasteiger partial charge in [0.2, 0.25) is 5.95 Å². The SMILES string of the molecule is CC(C)(C)OC(=O)N1CCN(c2ncc(Br)cn2)[C@@H](CO)C1. The molecule has 0 radical (unpaired) electrons. The normalized spacial score (nSPS) is 19.2. The molecule has 1 N–H and O–H groups in total. The molecule has 0 aliphatic carbocycles. The van der Waals surface area contributed by atoms with Crippen LogP contribution in [0.2, 0.25) is 0 Å². The van der Waals surface area contributed by atoms with Gasteiger partial charge in [-0.3, -0.25) is 0 Å². The molecule has 7 nitrogen and oxygen atoms in total. The summed E-state index contributed by atoms with van der Waals surface area (Å²) in [5.41, 5.74) is -0.530. The van der Waals surface area contributed by atoms with E-state index in [1.807, 2.05) is 25.7 Å². The van der Waals surface area contributed by atoms with Crippen molar-refractivity contribution in [1.29, 1.82) is 0 Å². The van der Waals surface area contributed by atoms with Crippen LogP contribution in [0.3, 0.4) is 0 Å². The summed E-state index contributed by atoms with van der Waals surface area (Å²) in [5, 5.41) is 9.62. The van der Waals surface area contributed by atoms with Crippen LogP contribution in [0, 0.1) is 0 Å². The second-order valence-electron chi connectivity index (χ2n) is 6.16. The number of hydrogen-bond acceptors (Lipinski definition) is 6. The van der Waals surface area contributed by atoms with Crippen molar-refractivity contribution >= 4 is 28.0 Å². The Morgan fingerprint density at radius 1 is 1.41 bits per heavy atom. The van der Waals surface area contributed by atoms with Crippen LogP contribution in [0.5, 0.6) is 0 Å². The van der Waals surface area contributed by atoms with Gasteiger partial charge in [0.05, 0.1) is 17.1 Å². The molecule has 1 aromatic heterocycles. The number of rotatable bonds is 2. The van der Waals surface area contributed by atoms with Gasteiger partial charge in [-0.2, -0.15) is 0 Å². The first-order valence-corrected chi connectivity index (χ1v) is 7.92. The van der Waals surface area contributed by atoms with Crippen LogP contribution in [0.1, 0.15) is 20.8 Å². The van der Waals surface area contributed by atoms with E-state index in [2.05, 4.69) is 25.9 Å². The Bertz CT molecular complexity index is 518. The van der Waals surface area contributed by atoms with E-state index in [4.69, 9.17) is 4.74 Å². The van der Waals surface area contributed by atoms with Crippen molar-refractivity contribution in [3.05, 3.63) is 16.9 Å². The number of carbonyl (C=O) groups is 1. The monoisotopic (exact) mass is 372 g/mol. The van der Waals surface area contributed by atoms with E-state index in [9.17, 15) is 9.90 Å². The minimum atomic E-state index is -0.530. The molecule has 22 heavy (non-hydrogen) atoms. The highest BCUT2D eigenvalue weighted by Crippen LogP contribution is 2.19. The lowest BCUT2D eigenvalue weighted by Crippen LogP contribution is -2.57. The van der Waals surface area contributed by atoms with E-state index in [0.29, 0.717) is 25.6 Å². The third-order valence-corrected chi connectivity index (χ3v) is 3.62. The molecule has 1 aliphatic rings. The summed E-state index contributed by atoms with van der Waals surface area (Å²) in [6.45, 7) is 6.85. The van der Waals surface area contributed by atoms with Gasteiger partial charge in [0.15, 0.2) is 0 Å². The summed E-state index contributed by atoms with van der Waals surface area (Å²) < 4.78 is 6.17. The van der Waals surface area contributed by atoms with Crippen LogP contribution >= 0.6 is 15.9 Å². The third-order valence-electron chi connectivity index (χ3n) is 3.21. The van der Waals surface area contributed by atoms with Gasteiger partial charge < -0.3 is 19.6 Å². The molecule has 2 rings (SSSR count). The maximum atomic E-state index is 12.1. The number of hydrogen-bond donors (Lipinski definition) is 1. The summed E-state index contributed by atoms with van der Waals surface area (Å²) in [5.74, 6) is 0.547. The number of aromatic nitrogens is 2. The van der Waals surface area contributed by atoms with Gasteiger partial charge in [-0.15, -0.1) is 0 Å². The molecule has 0 unspecified atom stereocenters. The fraction of sp³-hybridized carbons (Fsp3) is 0.643. The highest BCUT2D eigenvalue weighted by molar-refractivity contribution is 9.10. The first-order valence-electron chi connectivity index (χ1n) is 7.13. The van der Waals surface area contributed by atoms with Gasteiger partial charge in [0, 0.05) is 32.0 Å². The largest absolute Gasteiger partial charge is 0.444 e. The Balaban J connectivity index is 2.05. The number of nitrogens with zero attached hydrogens (tertiary/aromatic N) is 4. The van der Waals surface area contributed by atoms with Crippen LogP contribution in [-0.2, 0) is 4.74 Å². The first kappa shape index (κ1) is 17.0. The van der Waals surface area contributed by atoms with E-state index in [-0.39, 0.29) is 18.7 Å². The van der Waals surface area contributed by atoms with Crippen LogP contribution in [-0.4, -0.2) is 64.0 Å². The minimum absolute atomic E-state index is 0.0846. The van der Waals surface area contributed by atoms with Crippen LogP contribution in [0.15, 0.2) is 16.9 Å². The van der Waals surface area contributed by atoms with E-state index < -0.39 is 5.60 Å². The molecule has 0 aromatic carbocycles. The van der Waals surface area contributed by atoms with Gasteiger partial charge in [0.25, 0.3) is 0 Å². The van der Waals surface area contributed by atoms with E-state index in [0.717, 1.165) is 4.47 Å². The zero-order valence-corrected chi connectivity index (χ0v) is 14.6. The molecule has 1 saturated heterocycles. The van der Waals surface area contributed by atoms with Crippen molar-refractivity contribution in [2.75, 3.05) is 31.1 Å². The average Bonchev–Trinajstić information content (AvgIpc) is 2.45. The van der Waals surface area contributed by atoms with E-state index in [1.165, 1.54) is 0 Å². The fourth-order valence-corrected chi connectivity index (χ4v) is 2.43. The first-order chi connectivity index (χ1) is 10.3. The van der Waals surface area contributed by atoms with E-state index in [1.54, 1.807) is 17.3 Å². The lowest BCUT2D eigenvalue weighted by molar-refractivity contribution is 0.0196. The van der Waals surface area contributed by atoms with Gasteiger partial charge in [0.1, 0.15) is 5.60 Å². The molecule has 1 aliphatic heterocycles. The second-order valence-corrected chi connectivity index (χ2v) is 7.07. The number of anilines is 1. The number of carbonyl (C=O) groups excluding carboxylic acids is 1. The van der Waals surface area contributed by atoms with Gasteiger partial charge in [-0.25, -0.2) is 14.8 Å². The maximum Gasteiger partial charge on any atom is 0.410 e. The smallest absolute Gasteiger partial charge is 0.410 e. The molecule has 1 amide bonds. The number of aliphatic hydroxyl groups is 1. The molecule has 0 spiro atoms. The molecule has 122 valence electrons. The highest BCUT2D eigenvalue weighted by Gasteiger charge is 2.32. The Kier molecular flexibility index (Phi) is 5.23. The van der Waals surface area contributed by atoms with Gasteiger partial charge in [-0.05, 0) is 36.7 Å². The molecule has 0 bridgehead atoms. The van der Waals surface area contributed by atoms with Crippen molar-refractivity contribution in [3.63, 3.8) is 0 Å². The van der Waals surface area contributed by atoms with Crippen LogP contribution < -0.4 is 4.90 Å². The topological polar surface area (TPSA) is 78.8 Å². The molecule has 1 atom stereocenters. The molecule has 8 heteroatoms.